The molecule has 1 aromatic heterocycles. The van der Waals surface area contributed by atoms with Crippen LogP contribution in [-0.2, 0) is 11.2 Å². The molecule has 0 radical (unpaired) electrons. The molecule has 0 saturated carbocycles. The Labute approximate surface area is 129 Å². The number of azo groups is 1. The van der Waals surface area contributed by atoms with Crippen LogP contribution in [0.2, 0.25) is 0 Å². The van der Waals surface area contributed by atoms with Gasteiger partial charge in [0, 0.05) is 18.0 Å². The Morgan fingerprint density at radius 3 is 3.00 bits per heavy atom. The number of carbonyl (C=O) groups is 1. The molecular formula is C15H21N5O2. The molecule has 1 aromatic rings. The van der Waals surface area contributed by atoms with Crippen molar-refractivity contribution in [3.63, 3.8) is 0 Å². The molecule has 1 amide bonds. The first kappa shape index (κ1) is 14.9. The second kappa shape index (κ2) is 5.98. The number of aromatic nitrogens is 2. The molecule has 2 aliphatic heterocycles. The third-order valence-corrected chi connectivity index (χ3v) is 4.05. The van der Waals surface area contributed by atoms with Crippen molar-refractivity contribution in [3.05, 3.63) is 17.3 Å². The maximum atomic E-state index is 12.2. The van der Waals surface area contributed by atoms with Crippen molar-refractivity contribution in [2.45, 2.75) is 58.2 Å². The van der Waals surface area contributed by atoms with Crippen LogP contribution in [-0.4, -0.2) is 39.9 Å². The molecular weight excluding hydrogens is 282 g/mol. The van der Waals surface area contributed by atoms with Crippen LogP contribution in [0.1, 0.15) is 50.9 Å². The van der Waals surface area contributed by atoms with E-state index in [1.807, 2.05) is 31.7 Å². The van der Waals surface area contributed by atoms with E-state index >= 15 is 0 Å². The summed E-state index contributed by atoms with van der Waals surface area (Å²) >= 11 is 0. The van der Waals surface area contributed by atoms with Crippen molar-refractivity contribution in [1.29, 1.82) is 0 Å². The Morgan fingerprint density at radius 1 is 1.45 bits per heavy atom. The lowest BCUT2D eigenvalue weighted by Gasteiger charge is -2.34. The molecule has 7 heteroatoms. The van der Waals surface area contributed by atoms with E-state index in [0.29, 0.717) is 12.4 Å². The fourth-order valence-electron chi connectivity index (χ4n) is 3.18. The maximum absolute atomic E-state index is 12.2. The molecule has 0 aromatic carbocycles. The topological polar surface area (TPSA) is 80.0 Å². The van der Waals surface area contributed by atoms with E-state index in [4.69, 9.17) is 4.74 Å². The van der Waals surface area contributed by atoms with Gasteiger partial charge in [0.25, 0.3) is 0 Å². The lowest BCUT2D eigenvalue weighted by atomic mass is 9.99. The number of amides is 1. The van der Waals surface area contributed by atoms with Gasteiger partial charge in [-0.25, -0.2) is 4.79 Å². The SMILES string of the molecule is CCOC(=O)N1C2CCC1c1cc(N=NC(C)C)nnc1C2. The molecule has 0 spiro atoms. The highest BCUT2D eigenvalue weighted by Gasteiger charge is 2.44. The van der Waals surface area contributed by atoms with E-state index in [1.165, 1.54) is 0 Å². The summed E-state index contributed by atoms with van der Waals surface area (Å²) in [5.74, 6) is 0.501. The monoisotopic (exact) mass is 303 g/mol. The molecule has 0 aliphatic carbocycles. The van der Waals surface area contributed by atoms with Crippen LogP contribution >= 0.6 is 0 Å². The molecule has 7 nitrogen and oxygen atoms in total. The molecule has 2 aliphatic rings. The van der Waals surface area contributed by atoms with Gasteiger partial charge in [-0.05, 0) is 39.7 Å². The zero-order valence-corrected chi connectivity index (χ0v) is 13.2. The van der Waals surface area contributed by atoms with Gasteiger partial charge in [0.1, 0.15) is 0 Å². The van der Waals surface area contributed by atoms with Crippen LogP contribution in [0.5, 0.6) is 0 Å². The van der Waals surface area contributed by atoms with Crippen LogP contribution in [0.15, 0.2) is 16.3 Å². The third kappa shape index (κ3) is 2.67. The average Bonchev–Trinajstić information content (AvgIpc) is 2.81. The van der Waals surface area contributed by atoms with Crippen LogP contribution in [0.3, 0.4) is 0 Å². The number of nitrogens with zero attached hydrogens (tertiary/aromatic N) is 5. The Bertz CT molecular complexity index is 602. The first-order valence-electron chi connectivity index (χ1n) is 7.82. The zero-order chi connectivity index (χ0) is 15.7. The van der Waals surface area contributed by atoms with E-state index in [-0.39, 0.29) is 24.2 Å². The fraction of sp³-hybridized carbons (Fsp3) is 0.667. The molecule has 2 bridgehead atoms. The van der Waals surface area contributed by atoms with Crippen molar-refractivity contribution >= 4 is 11.9 Å². The van der Waals surface area contributed by atoms with Crippen molar-refractivity contribution in [3.8, 4) is 0 Å². The average molecular weight is 303 g/mol. The Balaban J connectivity index is 1.90. The minimum absolute atomic E-state index is 0.0244. The molecule has 1 saturated heterocycles. The van der Waals surface area contributed by atoms with Gasteiger partial charge in [0.2, 0.25) is 0 Å². The standard InChI is InChI=1S/C15H21N5O2/c1-4-22-15(21)20-10-5-6-13(20)11-8-14(18-16-9(2)3)19-17-12(11)7-10/h8-10,13H,4-7H2,1-3H3. The molecule has 22 heavy (non-hydrogen) atoms. The van der Waals surface area contributed by atoms with Crippen LogP contribution < -0.4 is 0 Å². The highest BCUT2D eigenvalue weighted by molar-refractivity contribution is 5.70. The smallest absolute Gasteiger partial charge is 0.410 e. The highest BCUT2D eigenvalue weighted by atomic mass is 16.6. The predicted molar refractivity (Wildman–Crippen MR) is 80.0 cm³/mol. The first-order chi connectivity index (χ1) is 10.6. The van der Waals surface area contributed by atoms with Crippen LogP contribution in [0.4, 0.5) is 10.6 Å². The van der Waals surface area contributed by atoms with Crippen LogP contribution in [0.25, 0.3) is 0 Å². The summed E-state index contributed by atoms with van der Waals surface area (Å²) in [6.07, 6.45) is 2.41. The normalized spacial score (nSPS) is 23.2. The van der Waals surface area contributed by atoms with Gasteiger partial charge in [-0.3, -0.25) is 4.90 Å². The third-order valence-electron chi connectivity index (χ3n) is 4.05. The number of rotatable bonds is 3. The molecule has 3 rings (SSSR count). The summed E-state index contributed by atoms with van der Waals surface area (Å²) in [6.45, 7) is 6.14. The summed E-state index contributed by atoms with van der Waals surface area (Å²) in [5.41, 5.74) is 2.01. The summed E-state index contributed by atoms with van der Waals surface area (Å²) in [5, 5.41) is 16.6. The first-order valence-corrected chi connectivity index (χ1v) is 7.82. The molecule has 118 valence electrons. The van der Waals surface area contributed by atoms with Gasteiger partial charge in [-0.1, -0.05) is 0 Å². The molecule has 1 fully saturated rings. The second-order valence-electron chi connectivity index (χ2n) is 5.97. The van der Waals surface area contributed by atoms with E-state index in [1.54, 1.807) is 0 Å². The quantitative estimate of drug-likeness (QED) is 0.803. The largest absolute Gasteiger partial charge is 0.450 e. The summed E-state index contributed by atoms with van der Waals surface area (Å²) in [4.78, 5) is 14.1. The van der Waals surface area contributed by atoms with Gasteiger partial charge in [-0.15, -0.1) is 10.2 Å². The van der Waals surface area contributed by atoms with Gasteiger partial charge >= 0.3 is 6.09 Å². The van der Waals surface area contributed by atoms with Gasteiger partial charge in [0.05, 0.1) is 24.4 Å². The predicted octanol–water partition coefficient (Wildman–Crippen LogP) is 3.19. The molecule has 2 unspecified atom stereocenters. The molecule has 3 heterocycles. The zero-order valence-electron chi connectivity index (χ0n) is 13.2. The van der Waals surface area contributed by atoms with Gasteiger partial charge in [-0.2, -0.15) is 10.2 Å². The number of fused-ring (bicyclic) bond motifs is 4. The van der Waals surface area contributed by atoms with Gasteiger partial charge in [0.15, 0.2) is 5.82 Å². The minimum Gasteiger partial charge on any atom is -0.450 e. The van der Waals surface area contributed by atoms with E-state index in [9.17, 15) is 4.79 Å². The van der Waals surface area contributed by atoms with Crippen molar-refractivity contribution in [1.82, 2.24) is 15.1 Å². The Hall–Kier alpha value is -2.05. The van der Waals surface area contributed by atoms with Crippen molar-refractivity contribution in [2.24, 2.45) is 10.2 Å². The fourth-order valence-corrected chi connectivity index (χ4v) is 3.18. The Kier molecular flexibility index (Phi) is 4.04. The van der Waals surface area contributed by atoms with E-state index in [2.05, 4.69) is 20.4 Å². The number of hydrogen-bond donors (Lipinski definition) is 0. The van der Waals surface area contributed by atoms with Crippen molar-refractivity contribution < 1.29 is 9.53 Å². The number of ether oxygens (including phenoxy) is 1. The number of hydrogen-bond acceptors (Lipinski definition) is 6. The maximum Gasteiger partial charge on any atom is 0.410 e. The summed E-state index contributed by atoms with van der Waals surface area (Å²) < 4.78 is 5.20. The minimum atomic E-state index is -0.234. The summed E-state index contributed by atoms with van der Waals surface area (Å²) in [6, 6.07) is 2.22. The Morgan fingerprint density at radius 2 is 2.27 bits per heavy atom. The van der Waals surface area contributed by atoms with Gasteiger partial charge < -0.3 is 4.74 Å². The second-order valence-corrected chi connectivity index (χ2v) is 5.97. The molecule has 2 atom stereocenters. The highest BCUT2D eigenvalue weighted by Crippen LogP contribution is 2.43. The van der Waals surface area contributed by atoms with Crippen molar-refractivity contribution in [2.75, 3.05) is 6.61 Å². The van der Waals surface area contributed by atoms with E-state index in [0.717, 1.165) is 30.5 Å². The summed E-state index contributed by atoms with van der Waals surface area (Å²) in [7, 11) is 0. The number of carbonyl (C=O) groups excluding carboxylic acids is 1. The lowest BCUT2D eigenvalue weighted by Crippen LogP contribution is -2.42. The van der Waals surface area contributed by atoms with E-state index < -0.39 is 0 Å². The molecule has 0 N–H and O–H groups in total. The van der Waals surface area contributed by atoms with Crippen LogP contribution in [0, 0.1) is 0 Å². The lowest BCUT2D eigenvalue weighted by molar-refractivity contribution is 0.0833.